The van der Waals surface area contributed by atoms with E-state index in [9.17, 15) is 9.18 Å². The summed E-state index contributed by atoms with van der Waals surface area (Å²) in [4.78, 5) is 15.6. The SMILES string of the molecule is O=C(Cc1cccnc1)Nc1cccc(F)c1. The Balaban J connectivity index is 1.98. The van der Waals surface area contributed by atoms with Crippen LogP contribution in [0, 0.1) is 5.82 Å². The van der Waals surface area contributed by atoms with Crippen LogP contribution in [0.4, 0.5) is 10.1 Å². The minimum atomic E-state index is -0.371. The largest absolute Gasteiger partial charge is 0.326 e. The van der Waals surface area contributed by atoms with Gasteiger partial charge in [-0.05, 0) is 29.8 Å². The number of hydrogen-bond donors (Lipinski definition) is 1. The summed E-state index contributed by atoms with van der Waals surface area (Å²) in [5.74, 6) is -0.562. The summed E-state index contributed by atoms with van der Waals surface area (Å²) in [6.45, 7) is 0. The predicted octanol–water partition coefficient (Wildman–Crippen LogP) is 2.40. The first-order valence-corrected chi connectivity index (χ1v) is 5.18. The first-order chi connectivity index (χ1) is 8.24. The molecule has 0 unspecified atom stereocenters. The summed E-state index contributed by atoms with van der Waals surface area (Å²) in [6, 6.07) is 9.39. The van der Waals surface area contributed by atoms with Gasteiger partial charge in [0, 0.05) is 18.1 Å². The normalized spacial score (nSPS) is 9.94. The van der Waals surface area contributed by atoms with Crippen LogP contribution in [0.2, 0.25) is 0 Å². The molecule has 1 heterocycles. The van der Waals surface area contributed by atoms with E-state index in [1.807, 2.05) is 6.07 Å². The Morgan fingerprint density at radius 1 is 1.29 bits per heavy atom. The van der Waals surface area contributed by atoms with Crippen LogP contribution in [0.25, 0.3) is 0 Å². The van der Waals surface area contributed by atoms with Crippen LogP contribution in [-0.4, -0.2) is 10.9 Å². The quantitative estimate of drug-likeness (QED) is 0.879. The van der Waals surface area contributed by atoms with Crippen molar-refractivity contribution in [3.8, 4) is 0 Å². The predicted molar refractivity (Wildman–Crippen MR) is 63.0 cm³/mol. The number of aromatic nitrogens is 1. The maximum atomic E-state index is 12.9. The Labute approximate surface area is 98.3 Å². The lowest BCUT2D eigenvalue weighted by atomic mass is 10.2. The number of hydrogen-bond acceptors (Lipinski definition) is 2. The van der Waals surface area contributed by atoms with E-state index in [1.165, 1.54) is 12.1 Å². The Morgan fingerprint density at radius 3 is 2.88 bits per heavy atom. The molecule has 0 saturated carbocycles. The monoisotopic (exact) mass is 230 g/mol. The topological polar surface area (TPSA) is 42.0 Å². The van der Waals surface area contributed by atoms with E-state index in [-0.39, 0.29) is 18.1 Å². The highest BCUT2D eigenvalue weighted by molar-refractivity contribution is 5.92. The molecule has 3 nitrogen and oxygen atoms in total. The molecule has 0 spiro atoms. The highest BCUT2D eigenvalue weighted by atomic mass is 19.1. The molecule has 1 amide bonds. The van der Waals surface area contributed by atoms with Crippen molar-refractivity contribution in [3.05, 3.63) is 60.2 Å². The Morgan fingerprint density at radius 2 is 2.18 bits per heavy atom. The molecule has 0 aliphatic heterocycles. The van der Waals surface area contributed by atoms with Gasteiger partial charge in [-0.25, -0.2) is 4.39 Å². The van der Waals surface area contributed by atoms with Gasteiger partial charge in [-0.15, -0.1) is 0 Å². The number of amides is 1. The van der Waals surface area contributed by atoms with Gasteiger partial charge in [-0.1, -0.05) is 12.1 Å². The highest BCUT2D eigenvalue weighted by Crippen LogP contribution is 2.09. The third kappa shape index (κ3) is 3.38. The van der Waals surface area contributed by atoms with E-state index in [0.717, 1.165) is 5.56 Å². The fraction of sp³-hybridized carbons (Fsp3) is 0.0769. The van der Waals surface area contributed by atoms with Gasteiger partial charge in [0.1, 0.15) is 5.82 Å². The molecule has 1 aromatic carbocycles. The lowest BCUT2D eigenvalue weighted by Crippen LogP contribution is -2.14. The van der Waals surface area contributed by atoms with E-state index in [4.69, 9.17) is 0 Å². The maximum Gasteiger partial charge on any atom is 0.228 e. The smallest absolute Gasteiger partial charge is 0.228 e. The number of carbonyl (C=O) groups is 1. The van der Waals surface area contributed by atoms with Crippen LogP contribution in [0.3, 0.4) is 0 Å². The second kappa shape index (κ2) is 5.21. The van der Waals surface area contributed by atoms with Gasteiger partial charge < -0.3 is 5.32 Å². The third-order valence-electron chi connectivity index (χ3n) is 2.20. The van der Waals surface area contributed by atoms with Gasteiger partial charge in [0.15, 0.2) is 0 Å². The number of anilines is 1. The van der Waals surface area contributed by atoms with Crippen molar-refractivity contribution in [1.29, 1.82) is 0 Å². The zero-order valence-electron chi connectivity index (χ0n) is 9.06. The summed E-state index contributed by atoms with van der Waals surface area (Å²) in [5, 5.41) is 2.62. The number of nitrogens with one attached hydrogen (secondary N) is 1. The minimum Gasteiger partial charge on any atom is -0.326 e. The summed E-state index contributed by atoms with van der Waals surface area (Å²) in [5.41, 5.74) is 1.28. The van der Waals surface area contributed by atoms with Crippen molar-refractivity contribution in [1.82, 2.24) is 4.98 Å². The molecule has 17 heavy (non-hydrogen) atoms. The zero-order valence-corrected chi connectivity index (χ0v) is 9.06. The number of nitrogens with zero attached hydrogens (tertiary/aromatic N) is 1. The molecule has 2 aromatic rings. The molecule has 0 radical (unpaired) electrons. The van der Waals surface area contributed by atoms with E-state index >= 15 is 0 Å². The summed E-state index contributed by atoms with van der Waals surface area (Å²) in [7, 11) is 0. The number of pyridine rings is 1. The first kappa shape index (κ1) is 11.3. The average molecular weight is 230 g/mol. The molecule has 86 valence electrons. The van der Waals surface area contributed by atoms with Crippen LogP contribution in [-0.2, 0) is 11.2 Å². The molecule has 0 aliphatic carbocycles. The van der Waals surface area contributed by atoms with Crippen LogP contribution in [0.15, 0.2) is 48.8 Å². The second-order valence-corrected chi connectivity index (χ2v) is 3.60. The van der Waals surface area contributed by atoms with Crippen molar-refractivity contribution < 1.29 is 9.18 Å². The van der Waals surface area contributed by atoms with Gasteiger partial charge in [-0.3, -0.25) is 9.78 Å². The standard InChI is InChI=1S/C13H11FN2O/c14-11-4-1-5-12(8-11)16-13(17)7-10-3-2-6-15-9-10/h1-6,8-9H,7H2,(H,16,17). The lowest BCUT2D eigenvalue weighted by molar-refractivity contribution is -0.115. The molecular weight excluding hydrogens is 219 g/mol. The molecule has 0 atom stereocenters. The maximum absolute atomic E-state index is 12.9. The van der Waals surface area contributed by atoms with Crippen molar-refractivity contribution >= 4 is 11.6 Å². The fourth-order valence-electron chi connectivity index (χ4n) is 1.46. The van der Waals surface area contributed by atoms with Gasteiger partial charge >= 0.3 is 0 Å². The number of rotatable bonds is 3. The molecule has 0 bridgehead atoms. The molecular formula is C13H11FN2O. The second-order valence-electron chi connectivity index (χ2n) is 3.60. The first-order valence-electron chi connectivity index (χ1n) is 5.18. The fourth-order valence-corrected chi connectivity index (χ4v) is 1.46. The Hall–Kier alpha value is -2.23. The average Bonchev–Trinajstić information content (AvgIpc) is 2.30. The molecule has 0 aliphatic rings. The third-order valence-corrected chi connectivity index (χ3v) is 2.20. The van der Waals surface area contributed by atoms with Crippen molar-refractivity contribution in [3.63, 3.8) is 0 Å². The summed E-state index contributed by atoms with van der Waals surface area (Å²) < 4.78 is 12.9. The Bertz CT molecular complexity index is 514. The summed E-state index contributed by atoms with van der Waals surface area (Å²) in [6.07, 6.45) is 3.50. The van der Waals surface area contributed by atoms with Gasteiger partial charge in [-0.2, -0.15) is 0 Å². The number of carbonyl (C=O) groups excluding carboxylic acids is 1. The minimum absolute atomic E-state index is 0.191. The molecule has 4 heteroatoms. The lowest BCUT2D eigenvalue weighted by Gasteiger charge is -2.04. The van der Waals surface area contributed by atoms with Crippen LogP contribution in [0.1, 0.15) is 5.56 Å². The summed E-state index contributed by atoms with van der Waals surface area (Å²) >= 11 is 0. The van der Waals surface area contributed by atoms with Gasteiger partial charge in [0.2, 0.25) is 5.91 Å². The zero-order chi connectivity index (χ0) is 12.1. The van der Waals surface area contributed by atoms with E-state index in [2.05, 4.69) is 10.3 Å². The van der Waals surface area contributed by atoms with Crippen LogP contribution >= 0.6 is 0 Å². The molecule has 0 saturated heterocycles. The van der Waals surface area contributed by atoms with Crippen molar-refractivity contribution in [2.24, 2.45) is 0 Å². The van der Waals surface area contributed by atoms with E-state index < -0.39 is 0 Å². The van der Waals surface area contributed by atoms with Crippen LogP contribution < -0.4 is 5.32 Å². The molecule has 2 rings (SSSR count). The van der Waals surface area contributed by atoms with Crippen molar-refractivity contribution in [2.45, 2.75) is 6.42 Å². The molecule has 1 aromatic heterocycles. The van der Waals surface area contributed by atoms with Crippen LogP contribution in [0.5, 0.6) is 0 Å². The number of halogens is 1. The highest BCUT2D eigenvalue weighted by Gasteiger charge is 2.04. The van der Waals surface area contributed by atoms with Gasteiger partial charge in [0.05, 0.1) is 6.42 Å². The molecule has 1 N–H and O–H groups in total. The number of benzene rings is 1. The van der Waals surface area contributed by atoms with E-state index in [1.54, 1.807) is 30.6 Å². The Kier molecular flexibility index (Phi) is 3.45. The van der Waals surface area contributed by atoms with Gasteiger partial charge in [0.25, 0.3) is 0 Å². The molecule has 0 fully saturated rings. The van der Waals surface area contributed by atoms with Crippen molar-refractivity contribution in [2.75, 3.05) is 5.32 Å². The van der Waals surface area contributed by atoms with E-state index in [0.29, 0.717) is 5.69 Å².